The van der Waals surface area contributed by atoms with E-state index in [1.165, 1.54) is 0 Å². The average Bonchev–Trinajstić information content (AvgIpc) is 3.44. The van der Waals surface area contributed by atoms with Crippen molar-refractivity contribution in [2.75, 3.05) is 32.1 Å². The highest BCUT2D eigenvalue weighted by molar-refractivity contribution is 6.34. The van der Waals surface area contributed by atoms with Gasteiger partial charge in [-0.25, -0.2) is 9.97 Å². The molecule has 3 heterocycles. The molecule has 174 valence electrons. The third kappa shape index (κ3) is 4.91. The number of aromatic amines is 1. The molecule has 1 amide bonds. The van der Waals surface area contributed by atoms with Crippen molar-refractivity contribution in [2.45, 2.75) is 43.7 Å². The number of nitrogens with one attached hydrogen (secondary N) is 3. The predicted molar refractivity (Wildman–Crippen MR) is 130 cm³/mol. The Balaban J connectivity index is 1.28. The summed E-state index contributed by atoms with van der Waals surface area (Å²) in [5.41, 5.74) is 3.21. The molecule has 0 unspecified atom stereocenters. The molecule has 2 aliphatic rings. The van der Waals surface area contributed by atoms with Crippen LogP contribution < -0.4 is 15.4 Å². The van der Waals surface area contributed by atoms with Gasteiger partial charge in [-0.15, -0.1) is 0 Å². The van der Waals surface area contributed by atoms with Gasteiger partial charge in [-0.05, 0) is 70.1 Å². The molecule has 2 fully saturated rings. The van der Waals surface area contributed by atoms with Gasteiger partial charge in [0, 0.05) is 23.6 Å². The van der Waals surface area contributed by atoms with Gasteiger partial charge in [0.25, 0.3) is 0 Å². The van der Waals surface area contributed by atoms with Crippen molar-refractivity contribution in [1.29, 1.82) is 0 Å². The third-order valence-corrected chi connectivity index (χ3v) is 7.02. The van der Waals surface area contributed by atoms with E-state index >= 15 is 0 Å². The first kappa shape index (κ1) is 22.0. The van der Waals surface area contributed by atoms with E-state index in [1.54, 1.807) is 6.20 Å². The lowest BCUT2D eigenvalue weighted by atomic mass is 10.1. The first-order valence-corrected chi connectivity index (χ1v) is 11.9. The quantitative estimate of drug-likeness (QED) is 0.413. The maximum atomic E-state index is 10.7. The van der Waals surface area contributed by atoms with Gasteiger partial charge in [0.15, 0.2) is 5.65 Å². The number of ether oxygens (including phenoxy) is 1. The number of aromatic nitrogens is 3. The number of carbonyl (C=O) groups is 1. The zero-order chi connectivity index (χ0) is 22.8. The molecule has 1 aromatic carbocycles. The van der Waals surface area contributed by atoms with Gasteiger partial charge in [-0.2, -0.15) is 0 Å². The van der Waals surface area contributed by atoms with Gasteiger partial charge >= 0.3 is 0 Å². The lowest BCUT2D eigenvalue weighted by molar-refractivity contribution is -0.110. The van der Waals surface area contributed by atoms with Crippen molar-refractivity contribution < 1.29 is 9.53 Å². The zero-order valence-corrected chi connectivity index (χ0v) is 19.5. The topological polar surface area (TPSA) is 95.2 Å². The normalized spacial score (nSPS) is 18.2. The van der Waals surface area contributed by atoms with E-state index in [2.05, 4.69) is 32.5 Å². The number of piperidine rings is 1. The molecule has 5 rings (SSSR count). The molecular weight excluding hydrogens is 440 g/mol. The standard InChI is InChI=1S/C24H29ClN6O2/c1-31-11-6-17(7-12-31)28-20-19(25)14-26-23-21(20)29-22(30-23)16-2-4-18(5-3-16)33-13-10-24(8-9-24)27-15-32/h2-5,14-15,17H,6-13H2,1H3,(H,27,32)(H2,26,28,29,30). The van der Waals surface area contributed by atoms with Crippen molar-refractivity contribution in [3.8, 4) is 17.1 Å². The van der Waals surface area contributed by atoms with E-state index < -0.39 is 0 Å². The largest absolute Gasteiger partial charge is 0.494 e. The highest BCUT2D eigenvalue weighted by Gasteiger charge is 2.41. The SMILES string of the molecule is CN1CCC(Nc2c(Cl)cnc3[nH]c(-c4ccc(OCCC5(NC=O)CC5)cc4)nc23)CC1. The van der Waals surface area contributed by atoms with E-state index in [0.717, 1.165) is 79.9 Å². The van der Waals surface area contributed by atoms with Gasteiger partial charge in [-0.3, -0.25) is 4.79 Å². The number of H-pyrrole nitrogens is 1. The van der Waals surface area contributed by atoms with E-state index in [9.17, 15) is 4.79 Å². The molecule has 1 aliphatic heterocycles. The summed E-state index contributed by atoms with van der Waals surface area (Å²) in [6.07, 6.45) is 7.46. The molecule has 0 atom stereocenters. The second-order valence-corrected chi connectivity index (χ2v) is 9.56. The maximum Gasteiger partial charge on any atom is 0.207 e. The first-order valence-electron chi connectivity index (χ1n) is 11.5. The maximum absolute atomic E-state index is 10.7. The number of likely N-dealkylation sites (tertiary alicyclic amines) is 1. The molecule has 33 heavy (non-hydrogen) atoms. The third-order valence-electron chi connectivity index (χ3n) is 6.73. The van der Waals surface area contributed by atoms with E-state index in [4.69, 9.17) is 21.3 Å². The second-order valence-electron chi connectivity index (χ2n) is 9.15. The Morgan fingerprint density at radius 2 is 2.03 bits per heavy atom. The fourth-order valence-electron chi connectivity index (χ4n) is 4.38. The van der Waals surface area contributed by atoms with Crippen LogP contribution in [0, 0.1) is 0 Å². The number of fused-ring (bicyclic) bond motifs is 1. The Morgan fingerprint density at radius 1 is 1.27 bits per heavy atom. The Hall–Kier alpha value is -2.84. The van der Waals surface area contributed by atoms with Crippen molar-refractivity contribution in [1.82, 2.24) is 25.2 Å². The molecule has 3 N–H and O–H groups in total. The summed E-state index contributed by atoms with van der Waals surface area (Å²) in [4.78, 5) is 25.6. The highest BCUT2D eigenvalue weighted by Crippen LogP contribution is 2.38. The van der Waals surface area contributed by atoms with E-state index in [-0.39, 0.29) is 5.54 Å². The highest BCUT2D eigenvalue weighted by atomic mass is 35.5. The molecule has 9 heteroatoms. The van der Waals surface area contributed by atoms with Crippen LogP contribution in [0.3, 0.4) is 0 Å². The van der Waals surface area contributed by atoms with Gasteiger partial charge < -0.3 is 25.3 Å². The fourth-order valence-corrected chi connectivity index (χ4v) is 4.57. The number of pyridine rings is 1. The van der Waals surface area contributed by atoms with Gasteiger partial charge in [-0.1, -0.05) is 11.6 Å². The second kappa shape index (κ2) is 9.19. The van der Waals surface area contributed by atoms with E-state index in [0.29, 0.717) is 23.3 Å². The number of imidazole rings is 1. The lowest BCUT2D eigenvalue weighted by Gasteiger charge is -2.30. The Labute approximate surface area is 198 Å². The number of carbonyl (C=O) groups excluding carboxylic acids is 1. The van der Waals surface area contributed by atoms with Crippen molar-refractivity contribution >= 4 is 34.9 Å². The number of rotatable bonds is 9. The zero-order valence-electron chi connectivity index (χ0n) is 18.7. The van der Waals surface area contributed by atoms with Gasteiger partial charge in [0.1, 0.15) is 17.1 Å². The fraction of sp³-hybridized carbons (Fsp3) is 0.458. The summed E-state index contributed by atoms with van der Waals surface area (Å²) < 4.78 is 5.88. The van der Waals surface area contributed by atoms with Crippen molar-refractivity contribution in [3.63, 3.8) is 0 Å². The molecular formula is C24H29ClN6O2. The number of nitrogens with zero attached hydrogens (tertiary/aromatic N) is 3. The number of anilines is 1. The summed E-state index contributed by atoms with van der Waals surface area (Å²) in [5.74, 6) is 1.53. The summed E-state index contributed by atoms with van der Waals surface area (Å²) in [5, 5.41) is 7.09. The first-order chi connectivity index (χ1) is 16.0. The molecule has 8 nitrogen and oxygen atoms in total. The molecule has 1 saturated heterocycles. The van der Waals surface area contributed by atoms with Gasteiger partial charge in [0.05, 0.1) is 23.5 Å². The van der Waals surface area contributed by atoms with Crippen LogP contribution in [0.4, 0.5) is 5.69 Å². The van der Waals surface area contributed by atoms with Crippen LogP contribution in [-0.4, -0.2) is 64.6 Å². The number of hydrogen-bond donors (Lipinski definition) is 3. The summed E-state index contributed by atoms with van der Waals surface area (Å²) in [6, 6.07) is 8.21. The molecule has 0 bridgehead atoms. The van der Waals surface area contributed by atoms with Crippen LogP contribution >= 0.6 is 11.6 Å². The van der Waals surface area contributed by atoms with Crippen LogP contribution in [0.5, 0.6) is 5.75 Å². The predicted octanol–water partition coefficient (Wildman–Crippen LogP) is 3.83. The minimum absolute atomic E-state index is 0.0521. The molecule has 0 spiro atoms. The summed E-state index contributed by atoms with van der Waals surface area (Å²) in [6.45, 7) is 2.70. The number of halogens is 1. The molecule has 3 aromatic rings. The van der Waals surface area contributed by atoms with Crippen LogP contribution in [0.25, 0.3) is 22.6 Å². The number of hydrogen-bond acceptors (Lipinski definition) is 6. The lowest BCUT2D eigenvalue weighted by Crippen LogP contribution is -2.36. The van der Waals surface area contributed by atoms with Crippen LogP contribution in [0.15, 0.2) is 30.5 Å². The molecule has 0 radical (unpaired) electrons. The average molecular weight is 469 g/mol. The Bertz CT molecular complexity index is 1120. The molecule has 1 saturated carbocycles. The van der Waals surface area contributed by atoms with Crippen LogP contribution in [0.1, 0.15) is 32.1 Å². The smallest absolute Gasteiger partial charge is 0.207 e. The minimum atomic E-state index is -0.0521. The minimum Gasteiger partial charge on any atom is -0.494 e. The van der Waals surface area contributed by atoms with Crippen LogP contribution in [0.2, 0.25) is 5.02 Å². The van der Waals surface area contributed by atoms with Crippen LogP contribution in [-0.2, 0) is 4.79 Å². The Morgan fingerprint density at radius 3 is 2.73 bits per heavy atom. The summed E-state index contributed by atoms with van der Waals surface area (Å²) in [7, 11) is 2.15. The summed E-state index contributed by atoms with van der Waals surface area (Å²) >= 11 is 6.50. The van der Waals surface area contributed by atoms with E-state index in [1.807, 2.05) is 24.3 Å². The molecule has 2 aromatic heterocycles. The number of amides is 1. The number of benzene rings is 1. The Kier molecular flexibility index (Phi) is 6.12. The van der Waals surface area contributed by atoms with Gasteiger partial charge in [0.2, 0.25) is 6.41 Å². The monoisotopic (exact) mass is 468 g/mol. The molecule has 1 aliphatic carbocycles. The van der Waals surface area contributed by atoms with Crippen molar-refractivity contribution in [3.05, 3.63) is 35.5 Å². The van der Waals surface area contributed by atoms with Crippen molar-refractivity contribution in [2.24, 2.45) is 0 Å².